The van der Waals surface area contributed by atoms with E-state index in [1.807, 2.05) is 47.8 Å². The second-order valence-electron chi connectivity index (χ2n) is 6.17. The van der Waals surface area contributed by atoms with Crippen LogP contribution in [0.1, 0.15) is 23.2 Å². The molecule has 2 aromatic heterocycles. The van der Waals surface area contributed by atoms with Gasteiger partial charge in [0.05, 0.1) is 22.7 Å². The van der Waals surface area contributed by atoms with Gasteiger partial charge in [-0.25, -0.2) is 4.68 Å². The molecule has 2 heterocycles. The van der Waals surface area contributed by atoms with Gasteiger partial charge in [-0.2, -0.15) is 5.10 Å². The summed E-state index contributed by atoms with van der Waals surface area (Å²) in [5.41, 5.74) is 1.94. The summed E-state index contributed by atoms with van der Waals surface area (Å²) in [4.78, 5) is 25.4. The summed E-state index contributed by atoms with van der Waals surface area (Å²) in [5, 5.41) is 12.1. The van der Waals surface area contributed by atoms with Crippen LogP contribution in [0.2, 0.25) is 0 Å². The summed E-state index contributed by atoms with van der Waals surface area (Å²) >= 11 is 1.52. The highest BCUT2D eigenvalue weighted by atomic mass is 32.1. The molecule has 0 aliphatic heterocycles. The largest absolute Gasteiger partial charge is 0.352 e. The Bertz CT molecular complexity index is 914. The smallest absolute Gasteiger partial charge is 0.255 e. The number of rotatable bonds is 6. The van der Waals surface area contributed by atoms with Gasteiger partial charge in [-0.05, 0) is 36.4 Å². The van der Waals surface area contributed by atoms with E-state index in [2.05, 4.69) is 15.7 Å². The fraction of sp³-hybridized carbons (Fsp3) is 0.211. The van der Waals surface area contributed by atoms with E-state index in [0.717, 1.165) is 23.4 Å². The first-order chi connectivity index (χ1) is 12.7. The number of nitrogens with one attached hydrogen (secondary N) is 2. The lowest BCUT2D eigenvalue weighted by Crippen LogP contribution is -2.37. The van der Waals surface area contributed by atoms with Gasteiger partial charge in [0.15, 0.2) is 0 Å². The zero-order chi connectivity index (χ0) is 17.9. The first-order valence-corrected chi connectivity index (χ1v) is 9.35. The molecule has 0 spiro atoms. The van der Waals surface area contributed by atoms with Crippen LogP contribution in [0, 0.1) is 0 Å². The average Bonchev–Trinajstić information content (AvgIpc) is 3.15. The molecule has 2 N–H and O–H groups in total. The van der Waals surface area contributed by atoms with Crippen molar-refractivity contribution in [3.8, 4) is 16.3 Å². The van der Waals surface area contributed by atoms with Crippen molar-refractivity contribution >= 4 is 23.2 Å². The Balaban J connectivity index is 1.57. The third-order valence-electron chi connectivity index (χ3n) is 4.09. The molecule has 7 heteroatoms. The Labute approximate surface area is 154 Å². The predicted molar refractivity (Wildman–Crippen MR) is 100 cm³/mol. The predicted octanol–water partition coefficient (Wildman–Crippen LogP) is 2.61. The van der Waals surface area contributed by atoms with Gasteiger partial charge in [-0.1, -0.05) is 24.3 Å². The fourth-order valence-electron chi connectivity index (χ4n) is 2.61. The third kappa shape index (κ3) is 3.67. The van der Waals surface area contributed by atoms with E-state index in [4.69, 9.17) is 0 Å². The van der Waals surface area contributed by atoms with Crippen LogP contribution in [0.5, 0.6) is 0 Å². The molecule has 1 aromatic carbocycles. The lowest BCUT2D eigenvalue weighted by atomic mass is 10.2. The molecular weight excluding hydrogens is 348 g/mol. The van der Waals surface area contributed by atoms with E-state index in [1.54, 1.807) is 10.9 Å². The summed E-state index contributed by atoms with van der Waals surface area (Å²) in [6, 6.07) is 13.8. The molecule has 1 aliphatic carbocycles. The number of amides is 2. The topological polar surface area (TPSA) is 76.0 Å². The SMILES string of the molecule is O=C(CNC(=O)c1cn(-c2ccccc2)nc1-c1cccs1)NC1CC1. The molecule has 0 radical (unpaired) electrons. The van der Waals surface area contributed by atoms with Gasteiger partial charge in [-0.15, -0.1) is 11.3 Å². The maximum Gasteiger partial charge on any atom is 0.255 e. The van der Waals surface area contributed by atoms with Crippen molar-refractivity contribution in [1.29, 1.82) is 0 Å². The quantitative estimate of drug-likeness (QED) is 0.704. The second-order valence-corrected chi connectivity index (χ2v) is 7.12. The van der Waals surface area contributed by atoms with Gasteiger partial charge in [0.25, 0.3) is 5.91 Å². The number of hydrogen-bond acceptors (Lipinski definition) is 4. The maximum atomic E-state index is 12.7. The summed E-state index contributed by atoms with van der Waals surface area (Å²) in [5.74, 6) is -0.462. The van der Waals surface area contributed by atoms with E-state index in [1.165, 1.54) is 11.3 Å². The van der Waals surface area contributed by atoms with E-state index >= 15 is 0 Å². The minimum absolute atomic E-state index is 0.0320. The molecule has 26 heavy (non-hydrogen) atoms. The Morgan fingerprint density at radius 3 is 2.65 bits per heavy atom. The molecule has 1 saturated carbocycles. The lowest BCUT2D eigenvalue weighted by Gasteiger charge is -2.05. The van der Waals surface area contributed by atoms with Crippen LogP contribution in [0.25, 0.3) is 16.3 Å². The molecule has 1 fully saturated rings. The lowest BCUT2D eigenvalue weighted by molar-refractivity contribution is -0.120. The van der Waals surface area contributed by atoms with Crippen LogP contribution in [0.15, 0.2) is 54.0 Å². The number of thiophene rings is 1. The van der Waals surface area contributed by atoms with Crippen LogP contribution in [0.3, 0.4) is 0 Å². The first kappa shape index (κ1) is 16.5. The number of carbonyl (C=O) groups is 2. The number of para-hydroxylation sites is 1. The fourth-order valence-corrected chi connectivity index (χ4v) is 3.33. The summed E-state index contributed by atoms with van der Waals surface area (Å²) in [6.07, 6.45) is 3.75. The monoisotopic (exact) mass is 366 g/mol. The van der Waals surface area contributed by atoms with Crippen molar-refractivity contribution in [2.24, 2.45) is 0 Å². The van der Waals surface area contributed by atoms with Crippen LogP contribution in [0.4, 0.5) is 0 Å². The van der Waals surface area contributed by atoms with Crippen molar-refractivity contribution in [1.82, 2.24) is 20.4 Å². The van der Waals surface area contributed by atoms with E-state index in [0.29, 0.717) is 11.3 Å². The molecule has 1 aliphatic rings. The van der Waals surface area contributed by atoms with Crippen molar-refractivity contribution in [3.63, 3.8) is 0 Å². The summed E-state index contributed by atoms with van der Waals surface area (Å²) in [6.45, 7) is -0.0320. The van der Waals surface area contributed by atoms with Crippen molar-refractivity contribution in [2.75, 3.05) is 6.54 Å². The number of nitrogens with zero attached hydrogens (tertiary/aromatic N) is 2. The van der Waals surface area contributed by atoms with Crippen LogP contribution in [-0.4, -0.2) is 34.2 Å². The molecule has 0 unspecified atom stereocenters. The Kier molecular flexibility index (Phi) is 4.53. The minimum Gasteiger partial charge on any atom is -0.352 e. The zero-order valence-corrected chi connectivity index (χ0v) is 14.8. The summed E-state index contributed by atoms with van der Waals surface area (Å²) in [7, 11) is 0. The Hall–Kier alpha value is -2.93. The Morgan fingerprint density at radius 2 is 1.96 bits per heavy atom. The van der Waals surface area contributed by atoms with Crippen molar-refractivity contribution < 1.29 is 9.59 Å². The van der Waals surface area contributed by atoms with Gasteiger partial charge < -0.3 is 10.6 Å². The molecule has 4 rings (SSSR count). The first-order valence-electron chi connectivity index (χ1n) is 8.47. The van der Waals surface area contributed by atoms with E-state index < -0.39 is 0 Å². The van der Waals surface area contributed by atoms with Crippen LogP contribution < -0.4 is 10.6 Å². The maximum absolute atomic E-state index is 12.7. The molecule has 3 aromatic rings. The van der Waals surface area contributed by atoms with Crippen molar-refractivity contribution in [3.05, 3.63) is 59.6 Å². The highest BCUT2D eigenvalue weighted by Crippen LogP contribution is 2.27. The second kappa shape index (κ2) is 7.13. The van der Waals surface area contributed by atoms with Gasteiger partial charge in [0, 0.05) is 12.2 Å². The van der Waals surface area contributed by atoms with Crippen LogP contribution in [-0.2, 0) is 4.79 Å². The van der Waals surface area contributed by atoms with E-state index in [-0.39, 0.29) is 24.4 Å². The number of hydrogen-bond donors (Lipinski definition) is 2. The third-order valence-corrected chi connectivity index (χ3v) is 4.96. The normalized spacial score (nSPS) is 13.4. The highest BCUT2D eigenvalue weighted by Gasteiger charge is 2.24. The molecule has 0 bridgehead atoms. The molecular formula is C19H18N4O2S. The molecule has 132 valence electrons. The standard InChI is InChI=1S/C19H18N4O2S/c24-17(21-13-8-9-13)11-20-19(25)15-12-23(14-5-2-1-3-6-14)22-18(15)16-7-4-10-26-16/h1-7,10,12-13H,8-9,11H2,(H,20,25)(H,21,24). The molecule has 0 saturated heterocycles. The average molecular weight is 366 g/mol. The number of carbonyl (C=O) groups excluding carboxylic acids is 2. The minimum atomic E-state index is -0.304. The van der Waals surface area contributed by atoms with Crippen molar-refractivity contribution in [2.45, 2.75) is 18.9 Å². The Morgan fingerprint density at radius 1 is 1.15 bits per heavy atom. The zero-order valence-electron chi connectivity index (χ0n) is 14.0. The molecule has 0 atom stereocenters. The van der Waals surface area contributed by atoms with E-state index in [9.17, 15) is 9.59 Å². The number of benzene rings is 1. The van der Waals surface area contributed by atoms with Gasteiger partial charge in [0.2, 0.25) is 5.91 Å². The van der Waals surface area contributed by atoms with Crippen LogP contribution >= 0.6 is 11.3 Å². The molecule has 6 nitrogen and oxygen atoms in total. The van der Waals surface area contributed by atoms with Gasteiger partial charge >= 0.3 is 0 Å². The summed E-state index contributed by atoms with van der Waals surface area (Å²) < 4.78 is 1.69. The van der Waals surface area contributed by atoms with Gasteiger partial charge in [-0.3, -0.25) is 9.59 Å². The number of aromatic nitrogens is 2. The highest BCUT2D eigenvalue weighted by molar-refractivity contribution is 7.13. The van der Waals surface area contributed by atoms with Gasteiger partial charge in [0.1, 0.15) is 5.69 Å². The molecule has 2 amide bonds.